The molecule has 0 saturated carbocycles. The standard InChI is InChI=1S/C9H11Cl2N3/c1-5(2)14-9(12)8-7(11)3-6(10)4-13-8/h3-5H,1-2H3,(H2,12,14). The number of pyridine rings is 1. The fourth-order valence-electron chi connectivity index (χ4n) is 0.942. The molecule has 0 atom stereocenters. The average Bonchev–Trinajstić information content (AvgIpc) is 2.01. The molecule has 14 heavy (non-hydrogen) atoms. The third-order valence-electron chi connectivity index (χ3n) is 1.45. The number of rotatable bonds is 2. The lowest BCUT2D eigenvalue weighted by Gasteiger charge is -2.04. The quantitative estimate of drug-likeness (QED) is 0.629. The number of nitrogens with two attached hydrogens (primary N) is 1. The van der Waals surface area contributed by atoms with Crippen molar-refractivity contribution in [3.05, 3.63) is 28.0 Å². The molecule has 0 saturated heterocycles. The molecule has 0 aliphatic rings. The molecule has 0 radical (unpaired) electrons. The first-order valence-corrected chi connectivity index (χ1v) is 4.91. The van der Waals surface area contributed by atoms with Gasteiger partial charge in [0.15, 0.2) is 0 Å². The van der Waals surface area contributed by atoms with Crippen molar-refractivity contribution in [1.82, 2.24) is 4.98 Å². The van der Waals surface area contributed by atoms with Gasteiger partial charge in [-0.1, -0.05) is 23.2 Å². The van der Waals surface area contributed by atoms with E-state index in [9.17, 15) is 0 Å². The van der Waals surface area contributed by atoms with Gasteiger partial charge in [0.2, 0.25) is 0 Å². The SMILES string of the molecule is CC(C)N=C(N)c1ncc(Cl)cc1Cl. The molecule has 0 aliphatic heterocycles. The fraction of sp³-hybridized carbons (Fsp3) is 0.333. The smallest absolute Gasteiger partial charge is 0.146 e. The Bertz CT molecular complexity index is 361. The van der Waals surface area contributed by atoms with Crippen LogP contribution in [0.3, 0.4) is 0 Å². The van der Waals surface area contributed by atoms with Crippen molar-refractivity contribution in [2.24, 2.45) is 10.7 Å². The summed E-state index contributed by atoms with van der Waals surface area (Å²) in [6.45, 7) is 3.85. The second kappa shape index (κ2) is 4.62. The molecule has 76 valence electrons. The highest BCUT2D eigenvalue weighted by Gasteiger charge is 2.07. The lowest BCUT2D eigenvalue weighted by atomic mass is 10.3. The summed E-state index contributed by atoms with van der Waals surface area (Å²) in [5.41, 5.74) is 6.18. The first kappa shape index (κ1) is 11.3. The van der Waals surface area contributed by atoms with Crippen LogP contribution in [-0.2, 0) is 0 Å². The van der Waals surface area contributed by atoms with Gasteiger partial charge in [-0.15, -0.1) is 0 Å². The van der Waals surface area contributed by atoms with E-state index in [0.717, 1.165) is 0 Å². The molecule has 3 nitrogen and oxygen atoms in total. The minimum absolute atomic E-state index is 0.114. The van der Waals surface area contributed by atoms with E-state index in [1.807, 2.05) is 13.8 Å². The van der Waals surface area contributed by atoms with Crippen LogP contribution in [0.4, 0.5) is 0 Å². The van der Waals surface area contributed by atoms with Gasteiger partial charge in [0.05, 0.1) is 10.0 Å². The van der Waals surface area contributed by atoms with Crippen molar-refractivity contribution in [2.45, 2.75) is 19.9 Å². The van der Waals surface area contributed by atoms with E-state index < -0.39 is 0 Å². The van der Waals surface area contributed by atoms with Crippen LogP contribution in [0, 0.1) is 0 Å². The maximum Gasteiger partial charge on any atom is 0.146 e. The normalized spacial score (nSPS) is 12.2. The van der Waals surface area contributed by atoms with Gasteiger partial charge in [-0.3, -0.25) is 4.99 Å². The van der Waals surface area contributed by atoms with E-state index in [0.29, 0.717) is 21.6 Å². The number of hydrogen-bond acceptors (Lipinski definition) is 2. The average molecular weight is 232 g/mol. The van der Waals surface area contributed by atoms with Crippen LogP contribution in [0.25, 0.3) is 0 Å². The minimum atomic E-state index is 0.114. The molecule has 1 rings (SSSR count). The second-order valence-corrected chi connectivity index (χ2v) is 3.94. The molecule has 1 aromatic heterocycles. The molecule has 1 heterocycles. The van der Waals surface area contributed by atoms with Gasteiger partial charge in [-0.05, 0) is 19.9 Å². The van der Waals surface area contributed by atoms with Gasteiger partial charge in [-0.25, -0.2) is 4.98 Å². The van der Waals surface area contributed by atoms with Crippen LogP contribution in [0.1, 0.15) is 19.5 Å². The zero-order valence-electron chi connectivity index (χ0n) is 7.96. The lowest BCUT2D eigenvalue weighted by Crippen LogP contribution is -2.17. The first-order chi connectivity index (χ1) is 6.50. The van der Waals surface area contributed by atoms with Crippen LogP contribution in [0.15, 0.2) is 17.3 Å². The Balaban J connectivity index is 3.07. The van der Waals surface area contributed by atoms with Crippen molar-refractivity contribution in [3.8, 4) is 0 Å². The molecule has 0 amide bonds. The summed E-state index contributed by atoms with van der Waals surface area (Å²) in [5, 5.41) is 0.899. The number of aromatic nitrogens is 1. The summed E-state index contributed by atoms with van der Waals surface area (Å²) in [6, 6.07) is 1.71. The van der Waals surface area contributed by atoms with Gasteiger partial charge >= 0.3 is 0 Å². The third-order valence-corrected chi connectivity index (χ3v) is 1.94. The Morgan fingerprint density at radius 3 is 2.64 bits per heavy atom. The highest BCUT2D eigenvalue weighted by Crippen LogP contribution is 2.18. The molecule has 0 unspecified atom stereocenters. The second-order valence-electron chi connectivity index (χ2n) is 3.09. The molecular weight excluding hydrogens is 221 g/mol. The molecule has 0 bridgehead atoms. The predicted octanol–water partition coefficient (Wildman–Crippen LogP) is 2.50. The van der Waals surface area contributed by atoms with Crippen LogP contribution in [-0.4, -0.2) is 16.9 Å². The number of hydrogen-bond donors (Lipinski definition) is 1. The number of aliphatic imine (C=N–C) groups is 1. The predicted molar refractivity (Wildman–Crippen MR) is 60.1 cm³/mol. The largest absolute Gasteiger partial charge is 0.382 e. The van der Waals surface area contributed by atoms with Gasteiger partial charge in [0.1, 0.15) is 11.5 Å². The van der Waals surface area contributed by atoms with Crippen LogP contribution < -0.4 is 5.73 Å². The van der Waals surface area contributed by atoms with E-state index in [4.69, 9.17) is 28.9 Å². The molecule has 1 aromatic rings. The van der Waals surface area contributed by atoms with Gasteiger partial charge in [0, 0.05) is 12.2 Å². The third kappa shape index (κ3) is 2.86. The van der Waals surface area contributed by atoms with Gasteiger partial charge in [-0.2, -0.15) is 0 Å². The van der Waals surface area contributed by atoms with Crippen molar-refractivity contribution < 1.29 is 0 Å². The Kier molecular flexibility index (Phi) is 3.72. The van der Waals surface area contributed by atoms with Crippen molar-refractivity contribution >= 4 is 29.0 Å². The molecule has 0 aliphatic carbocycles. The van der Waals surface area contributed by atoms with Gasteiger partial charge in [0.25, 0.3) is 0 Å². The zero-order valence-corrected chi connectivity index (χ0v) is 9.47. The summed E-state index contributed by atoms with van der Waals surface area (Å²) < 4.78 is 0. The number of nitrogens with zero attached hydrogens (tertiary/aromatic N) is 2. The van der Waals surface area contributed by atoms with Crippen molar-refractivity contribution in [2.75, 3.05) is 0 Å². The number of amidine groups is 1. The summed E-state index contributed by atoms with van der Waals surface area (Å²) >= 11 is 11.6. The summed E-state index contributed by atoms with van der Waals surface area (Å²) in [7, 11) is 0. The van der Waals surface area contributed by atoms with Crippen LogP contribution in [0.2, 0.25) is 10.0 Å². The Morgan fingerprint density at radius 2 is 2.14 bits per heavy atom. The Labute approximate surface area is 93.0 Å². The minimum Gasteiger partial charge on any atom is -0.382 e. The summed E-state index contributed by atoms with van der Waals surface area (Å²) in [5.74, 6) is 0.335. The van der Waals surface area contributed by atoms with Crippen LogP contribution >= 0.6 is 23.2 Å². The Morgan fingerprint density at radius 1 is 1.50 bits per heavy atom. The highest BCUT2D eigenvalue weighted by molar-refractivity contribution is 6.36. The highest BCUT2D eigenvalue weighted by atomic mass is 35.5. The zero-order chi connectivity index (χ0) is 10.7. The topological polar surface area (TPSA) is 51.3 Å². The molecule has 2 N–H and O–H groups in total. The molecule has 0 aromatic carbocycles. The van der Waals surface area contributed by atoms with E-state index in [2.05, 4.69) is 9.98 Å². The van der Waals surface area contributed by atoms with Crippen LogP contribution in [0.5, 0.6) is 0 Å². The summed E-state index contributed by atoms with van der Waals surface area (Å²) in [6.07, 6.45) is 1.49. The number of halogens is 2. The molecule has 0 spiro atoms. The van der Waals surface area contributed by atoms with Crippen molar-refractivity contribution in [1.29, 1.82) is 0 Å². The van der Waals surface area contributed by atoms with E-state index in [-0.39, 0.29) is 6.04 Å². The fourth-order valence-corrected chi connectivity index (χ4v) is 1.42. The lowest BCUT2D eigenvalue weighted by molar-refractivity contribution is 0.833. The first-order valence-electron chi connectivity index (χ1n) is 4.15. The van der Waals surface area contributed by atoms with E-state index in [1.54, 1.807) is 6.07 Å². The molecule has 5 heteroatoms. The van der Waals surface area contributed by atoms with Gasteiger partial charge < -0.3 is 5.73 Å². The molecular formula is C9H11Cl2N3. The summed E-state index contributed by atoms with van der Waals surface area (Å²) in [4.78, 5) is 8.15. The maximum atomic E-state index is 5.90. The van der Waals surface area contributed by atoms with E-state index in [1.165, 1.54) is 6.20 Å². The Hall–Kier alpha value is -0.800. The van der Waals surface area contributed by atoms with Crippen molar-refractivity contribution in [3.63, 3.8) is 0 Å². The van der Waals surface area contributed by atoms with E-state index >= 15 is 0 Å². The monoisotopic (exact) mass is 231 g/mol. The maximum absolute atomic E-state index is 5.90. The molecule has 0 fully saturated rings.